The minimum Gasteiger partial charge on any atom is -0.490 e. The van der Waals surface area contributed by atoms with Gasteiger partial charge in [-0.25, -0.2) is 5.43 Å². The molecule has 8 nitrogen and oxygen atoms in total. The number of benzene rings is 3. The molecule has 44 heavy (non-hydrogen) atoms. The smallest absolute Gasteiger partial charge is 0.277 e. The van der Waals surface area contributed by atoms with Gasteiger partial charge in [0, 0.05) is 10.2 Å². The molecule has 0 saturated heterocycles. The molecule has 4 bridgehead atoms. The largest absolute Gasteiger partial charge is 0.490 e. The van der Waals surface area contributed by atoms with Gasteiger partial charge in [0.1, 0.15) is 5.75 Å². The van der Waals surface area contributed by atoms with Crippen LogP contribution in [0.15, 0.2) is 76.3 Å². The van der Waals surface area contributed by atoms with E-state index in [0.29, 0.717) is 34.8 Å². The Hall–Kier alpha value is -3.85. The van der Waals surface area contributed by atoms with Crippen LogP contribution in [-0.2, 0) is 15.0 Å². The number of carbonyl (C=O) groups excluding carboxylic acids is 2. The highest BCUT2D eigenvalue weighted by Crippen LogP contribution is 2.60. The number of ether oxygens (including phenoxy) is 3. The van der Waals surface area contributed by atoms with Crippen molar-refractivity contribution >= 4 is 39.6 Å². The first-order valence-electron chi connectivity index (χ1n) is 15.4. The Balaban J connectivity index is 0.990. The van der Waals surface area contributed by atoms with Crippen LogP contribution < -0.4 is 25.0 Å². The lowest BCUT2D eigenvalue weighted by atomic mass is 9.48. The molecule has 3 aromatic carbocycles. The quantitative estimate of drug-likeness (QED) is 0.163. The van der Waals surface area contributed by atoms with Gasteiger partial charge in [-0.3, -0.25) is 9.59 Å². The number of hydrazone groups is 1. The van der Waals surface area contributed by atoms with E-state index in [1.165, 1.54) is 50.3 Å². The highest BCUT2D eigenvalue weighted by molar-refractivity contribution is 9.10. The number of anilines is 1. The summed E-state index contributed by atoms with van der Waals surface area (Å²) in [6.07, 6.45) is 9.75. The van der Waals surface area contributed by atoms with Crippen molar-refractivity contribution in [2.45, 2.75) is 50.9 Å². The fourth-order valence-electron chi connectivity index (χ4n) is 7.62. The zero-order chi connectivity index (χ0) is 30.5. The Labute approximate surface area is 266 Å². The third-order valence-electron chi connectivity index (χ3n) is 9.01. The molecule has 0 heterocycles. The van der Waals surface area contributed by atoms with Crippen molar-refractivity contribution in [3.05, 3.63) is 82.3 Å². The summed E-state index contributed by atoms with van der Waals surface area (Å²) in [5.41, 5.74) is 5.69. The molecular formula is C35H38BrN3O5. The molecule has 7 rings (SSSR count). The third kappa shape index (κ3) is 7.26. The summed E-state index contributed by atoms with van der Waals surface area (Å²) in [5.74, 6) is 3.57. The van der Waals surface area contributed by atoms with Gasteiger partial charge < -0.3 is 19.5 Å². The minimum atomic E-state index is -0.389. The molecule has 4 saturated carbocycles. The molecule has 9 heteroatoms. The van der Waals surface area contributed by atoms with E-state index < -0.39 is 0 Å². The second-order valence-corrected chi connectivity index (χ2v) is 13.2. The van der Waals surface area contributed by atoms with Crippen molar-refractivity contribution in [2.24, 2.45) is 22.9 Å². The van der Waals surface area contributed by atoms with Crippen molar-refractivity contribution in [3.63, 3.8) is 0 Å². The number of hydrogen-bond donors (Lipinski definition) is 2. The van der Waals surface area contributed by atoms with E-state index in [-0.39, 0.29) is 25.0 Å². The van der Waals surface area contributed by atoms with Gasteiger partial charge in [0.05, 0.1) is 12.8 Å². The number of hydrogen-bond acceptors (Lipinski definition) is 6. The van der Waals surface area contributed by atoms with Crippen LogP contribution in [0.4, 0.5) is 5.69 Å². The van der Waals surface area contributed by atoms with Crippen molar-refractivity contribution in [3.8, 4) is 17.2 Å². The van der Waals surface area contributed by atoms with E-state index in [4.69, 9.17) is 14.2 Å². The van der Waals surface area contributed by atoms with Crippen LogP contribution in [0.1, 0.15) is 56.6 Å². The number of carbonyl (C=O) groups is 2. The zero-order valence-corrected chi connectivity index (χ0v) is 26.5. The fourth-order valence-corrected chi connectivity index (χ4v) is 8.00. The van der Waals surface area contributed by atoms with E-state index in [1.54, 1.807) is 30.3 Å². The summed E-state index contributed by atoms with van der Waals surface area (Å²) < 4.78 is 17.9. The van der Waals surface area contributed by atoms with Crippen LogP contribution in [0.5, 0.6) is 17.2 Å². The Kier molecular flexibility index (Phi) is 9.21. The molecule has 0 unspecified atom stereocenters. The van der Waals surface area contributed by atoms with Crippen LogP contribution in [0.2, 0.25) is 0 Å². The molecule has 2 N–H and O–H groups in total. The SMILES string of the molecule is CCOc1cc(/C=N/NC(=O)COc2cccc(Br)c2)ccc1OCC(=O)Nc1ccc(C23CC4CC(CC(C4)C2)C3)cc1. The van der Waals surface area contributed by atoms with Crippen LogP contribution in [-0.4, -0.2) is 37.8 Å². The highest BCUT2D eigenvalue weighted by atomic mass is 79.9. The summed E-state index contributed by atoms with van der Waals surface area (Å²) >= 11 is 3.37. The molecule has 3 aromatic rings. The molecule has 2 amide bonds. The lowest BCUT2D eigenvalue weighted by Gasteiger charge is -2.57. The van der Waals surface area contributed by atoms with Gasteiger partial charge in [-0.15, -0.1) is 0 Å². The van der Waals surface area contributed by atoms with Gasteiger partial charge in [0.2, 0.25) is 0 Å². The number of amides is 2. The molecule has 0 aromatic heterocycles. The highest BCUT2D eigenvalue weighted by Gasteiger charge is 2.51. The molecule has 4 aliphatic carbocycles. The average molecular weight is 661 g/mol. The second-order valence-electron chi connectivity index (χ2n) is 12.3. The maximum Gasteiger partial charge on any atom is 0.277 e. The summed E-state index contributed by atoms with van der Waals surface area (Å²) in [4.78, 5) is 24.8. The number of rotatable bonds is 12. The maximum absolute atomic E-state index is 12.7. The number of nitrogens with zero attached hydrogens (tertiary/aromatic N) is 1. The van der Waals surface area contributed by atoms with E-state index in [0.717, 1.165) is 27.9 Å². The Morgan fingerprint density at radius 3 is 2.25 bits per heavy atom. The molecule has 0 aliphatic heterocycles. The molecule has 230 valence electrons. The van der Waals surface area contributed by atoms with Crippen LogP contribution in [0.3, 0.4) is 0 Å². The third-order valence-corrected chi connectivity index (χ3v) is 9.51. The standard InChI is InChI=1S/C35H38BrN3O5/c1-2-42-32-15-23(20-37-39-34(41)22-43-30-5-3-4-28(36)16-30)6-11-31(32)44-21-33(40)38-29-9-7-27(8-10-29)35-17-24-12-25(18-35)14-26(13-24)19-35/h3-11,15-16,20,24-26H,2,12-14,17-19,21-22H2,1H3,(H,38,40)(H,39,41)/b37-20+. The Morgan fingerprint density at radius 1 is 0.864 bits per heavy atom. The summed E-state index contributed by atoms with van der Waals surface area (Å²) in [6.45, 7) is 1.97. The van der Waals surface area contributed by atoms with Gasteiger partial charge >= 0.3 is 0 Å². The van der Waals surface area contributed by atoms with E-state index in [2.05, 4.69) is 43.9 Å². The predicted octanol–water partition coefficient (Wildman–Crippen LogP) is 6.86. The van der Waals surface area contributed by atoms with Crippen molar-refractivity contribution < 1.29 is 23.8 Å². The van der Waals surface area contributed by atoms with Crippen LogP contribution >= 0.6 is 15.9 Å². The van der Waals surface area contributed by atoms with Gasteiger partial charge in [0.15, 0.2) is 24.7 Å². The van der Waals surface area contributed by atoms with E-state index in [1.807, 2.05) is 31.2 Å². The maximum atomic E-state index is 12.7. The zero-order valence-electron chi connectivity index (χ0n) is 24.9. The summed E-state index contributed by atoms with van der Waals surface area (Å²) in [5, 5.41) is 6.97. The fraction of sp³-hybridized carbons (Fsp3) is 0.400. The molecule has 0 spiro atoms. The molecule has 4 fully saturated rings. The van der Waals surface area contributed by atoms with Gasteiger partial charge in [-0.1, -0.05) is 34.1 Å². The lowest BCUT2D eigenvalue weighted by molar-refractivity contribution is -0.123. The van der Waals surface area contributed by atoms with Crippen molar-refractivity contribution in [1.29, 1.82) is 0 Å². The summed E-state index contributed by atoms with van der Waals surface area (Å²) in [7, 11) is 0. The molecular weight excluding hydrogens is 622 g/mol. The van der Waals surface area contributed by atoms with Crippen molar-refractivity contribution in [2.75, 3.05) is 25.1 Å². The predicted molar refractivity (Wildman–Crippen MR) is 173 cm³/mol. The first kappa shape index (κ1) is 30.2. The first-order chi connectivity index (χ1) is 21.4. The minimum absolute atomic E-state index is 0.154. The van der Waals surface area contributed by atoms with Crippen LogP contribution in [0, 0.1) is 17.8 Å². The van der Waals surface area contributed by atoms with E-state index >= 15 is 0 Å². The topological polar surface area (TPSA) is 98.2 Å². The second kappa shape index (κ2) is 13.4. The van der Waals surface area contributed by atoms with Gasteiger partial charge in [0.25, 0.3) is 11.8 Å². The Bertz CT molecular complexity index is 1490. The summed E-state index contributed by atoms with van der Waals surface area (Å²) in [6, 6.07) is 21.0. The van der Waals surface area contributed by atoms with Gasteiger partial charge in [-0.2, -0.15) is 5.10 Å². The molecule has 4 aliphatic rings. The van der Waals surface area contributed by atoms with Crippen LogP contribution in [0.25, 0.3) is 0 Å². The van der Waals surface area contributed by atoms with E-state index in [9.17, 15) is 9.59 Å². The van der Waals surface area contributed by atoms with Gasteiger partial charge in [-0.05, 0) is 128 Å². The first-order valence-corrected chi connectivity index (χ1v) is 16.2. The van der Waals surface area contributed by atoms with Crippen molar-refractivity contribution in [1.82, 2.24) is 5.43 Å². The molecule has 0 atom stereocenters. The lowest BCUT2D eigenvalue weighted by Crippen LogP contribution is -2.48. The average Bonchev–Trinajstić information content (AvgIpc) is 2.99. The monoisotopic (exact) mass is 659 g/mol. The molecule has 0 radical (unpaired) electrons. The normalized spacial score (nSPS) is 23.4. The number of halogens is 1. The Morgan fingerprint density at radius 2 is 1.57 bits per heavy atom. The number of nitrogens with one attached hydrogen (secondary N) is 2.